The Morgan fingerprint density at radius 3 is 2.45 bits per heavy atom. The number of aryl methyl sites for hydroxylation is 1. The van der Waals surface area contributed by atoms with Crippen LogP contribution in [0.3, 0.4) is 0 Å². The summed E-state index contributed by atoms with van der Waals surface area (Å²) in [6.07, 6.45) is -4.53. The summed E-state index contributed by atoms with van der Waals surface area (Å²) >= 11 is 0. The summed E-state index contributed by atoms with van der Waals surface area (Å²) < 4.78 is 40.4. The van der Waals surface area contributed by atoms with Crippen molar-refractivity contribution in [2.45, 2.75) is 26.1 Å². The van der Waals surface area contributed by atoms with Gasteiger partial charge in [0.05, 0.1) is 16.5 Å². The number of fused-ring (bicyclic) bond motifs is 1. The van der Waals surface area contributed by atoms with Gasteiger partial charge in [-0.3, -0.25) is 9.36 Å². The predicted octanol–water partition coefficient (Wildman–Crippen LogP) is 2.28. The molecule has 1 aromatic heterocycles. The van der Waals surface area contributed by atoms with Crippen LogP contribution in [0.25, 0.3) is 10.9 Å². The average molecular weight is 285 g/mol. The van der Waals surface area contributed by atoms with Gasteiger partial charge in [-0.15, -0.1) is 0 Å². The van der Waals surface area contributed by atoms with Crippen LogP contribution in [0.5, 0.6) is 0 Å². The van der Waals surface area contributed by atoms with Crippen LogP contribution in [0, 0.1) is 6.92 Å². The Bertz CT molecular complexity index is 732. The summed E-state index contributed by atoms with van der Waals surface area (Å²) in [7, 11) is 1.52. The highest BCUT2D eigenvalue weighted by Crippen LogP contribution is 2.35. The third kappa shape index (κ3) is 2.29. The molecule has 1 heterocycles. The van der Waals surface area contributed by atoms with E-state index in [1.54, 1.807) is 6.92 Å². The maximum absolute atomic E-state index is 13.1. The minimum absolute atomic E-state index is 0.0299. The van der Waals surface area contributed by atoms with Crippen molar-refractivity contribution < 1.29 is 13.2 Å². The fourth-order valence-electron chi connectivity index (χ4n) is 2.07. The first-order chi connectivity index (χ1) is 9.12. The molecule has 1 aromatic carbocycles. The first-order valence-corrected chi connectivity index (χ1v) is 5.97. The zero-order valence-corrected chi connectivity index (χ0v) is 11.2. The number of nitrogens with two attached hydrogens (primary N) is 1. The Morgan fingerprint density at radius 1 is 1.35 bits per heavy atom. The van der Waals surface area contributed by atoms with Gasteiger partial charge in [0.1, 0.15) is 5.82 Å². The molecule has 7 heteroatoms. The number of hydrogen-bond acceptors (Lipinski definition) is 3. The van der Waals surface area contributed by atoms with Crippen molar-refractivity contribution >= 4 is 10.9 Å². The van der Waals surface area contributed by atoms with E-state index in [1.807, 2.05) is 0 Å². The molecule has 2 N–H and O–H groups in total. The molecule has 0 radical (unpaired) electrons. The fourth-order valence-corrected chi connectivity index (χ4v) is 2.07. The minimum Gasteiger partial charge on any atom is -0.324 e. The number of aromatic nitrogens is 2. The Balaban J connectivity index is 2.93. The molecule has 1 unspecified atom stereocenters. The SMILES string of the molecule is Cc1nc2cc(C(F)(F)F)c(C(C)N)cc2c(=O)n1C. The largest absolute Gasteiger partial charge is 0.416 e. The second-order valence-electron chi connectivity index (χ2n) is 4.77. The van der Waals surface area contributed by atoms with Crippen molar-refractivity contribution in [3.05, 3.63) is 39.4 Å². The lowest BCUT2D eigenvalue weighted by atomic mass is 9.99. The molecule has 0 aliphatic rings. The van der Waals surface area contributed by atoms with E-state index in [2.05, 4.69) is 4.98 Å². The van der Waals surface area contributed by atoms with Gasteiger partial charge >= 0.3 is 6.18 Å². The zero-order valence-electron chi connectivity index (χ0n) is 11.2. The normalized spacial score (nSPS) is 13.8. The van der Waals surface area contributed by atoms with Gasteiger partial charge in [-0.1, -0.05) is 0 Å². The van der Waals surface area contributed by atoms with Gasteiger partial charge in [0, 0.05) is 13.1 Å². The standard InChI is InChI=1S/C13H14F3N3O/c1-6(17)8-4-9-11(5-10(8)13(14,15)16)18-7(2)19(3)12(9)20/h4-6H,17H2,1-3H3. The predicted molar refractivity (Wildman–Crippen MR) is 69.3 cm³/mol. The van der Waals surface area contributed by atoms with Gasteiger partial charge in [-0.05, 0) is 31.5 Å². The van der Waals surface area contributed by atoms with Gasteiger partial charge in [-0.25, -0.2) is 4.98 Å². The highest BCUT2D eigenvalue weighted by Gasteiger charge is 2.35. The maximum Gasteiger partial charge on any atom is 0.416 e. The monoisotopic (exact) mass is 285 g/mol. The van der Waals surface area contributed by atoms with Crippen molar-refractivity contribution in [2.24, 2.45) is 12.8 Å². The van der Waals surface area contributed by atoms with E-state index >= 15 is 0 Å². The number of halogens is 3. The van der Waals surface area contributed by atoms with E-state index in [-0.39, 0.29) is 22.0 Å². The molecule has 4 nitrogen and oxygen atoms in total. The summed E-state index contributed by atoms with van der Waals surface area (Å²) in [6, 6.07) is 1.25. The molecule has 2 rings (SSSR count). The van der Waals surface area contributed by atoms with Gasteiger partial charge in [0.2, 0.25) is 0 Å². The molecule has 0 fully saturated rings. The summed E-state index contributed by atoms with van der Waals surface area (Å²) in [5.41, 5.74) is 4.28. The lowest BCUT2D eigenvalue weighted by molar-refractivity contribution is -0.138. The molecule has 108 valence electrons. The highest BCUT2D eigenvalue weighted by atomic mass is 19.4. The molecule has 1 atom stereocenters. The van der Waals surface area contributed by atoms with Gasteiger partial charge in [0.15, 0.2) is 0 Å². The molecule has 0 spiro atoms. The van der Waals surface area contributed by atoms with Gasteiger partial charge < -0.3 is 5.73 Å². The Hall–Kier alpha value is -1.89. The molecule has 2 aromatic rings. The van der Waals surface area contributed by atoms with Crippen LogP contribution in [0.2, 0.25) is 0 Å². The van der Waals surface area contributed by atoms with E-state index in [4.69, 9.17) is 5.73 Å². The molecular formula is C13H14F3N3O. The topological polar surface area (TPSA) is 60.9 Å². The molecule has 0 saturated carbocycles. The molecule has 0 amide bonds. The van der Waals surface area contributed by atoms with Crippen molar-refractivity contribution in [2.75, 3.05) is 0 Å². The quantitative estimate of drug-likeness (QED) is 0.874. The van der Waals surface area contributed by atoms with Crippen molar-refractivity contribution in [1.29, 1.82) is 0 Å². The number of benzene rings is 1. The van der Waals surface area contributed by atoms with Crippen molar-refractivity contribution in [3.8, 4) is 0 Å². The maximum atomic E-state index is 13.1. The van der Waals surface area contributed by atoms with Crippen LogP contribution in [-0.4, -0.2) is 9.55 Å². The smallest absolute Gasteiger partial charge is 0.324 e. The minimum atomic E-state index is -4.53. The molecule has 0 bridgehead atoms. The van der Waals surface area contributed by atoms with E-state index in [0.29, 0.717) is 5.82 Å². The molecular weight excluding hydrogens is 271 g/mol. The van der Waals surface area contributed by atoms with Crippen LogP contribution >= 0.6 is 0 Å². The van der Waals surface area contributed by atoms with Crippen LogP contribution in [0.15, 0.2) is 16.9 Å². The Morgan fingerprint density at radius 2 is 1.95 bits per heavy atom. The number of hydrogen-bond donors (Lipinski definition) is 1. The fraction of sp³-hybridized carbons (Fsp3) is 0.385. The van der Waals surface area contributed by atoms with E-state index in [9.17, 15) is 18.0 Å². The summed E-state index contributed by atoms with van der Waals surface area (Å²) in [5.74, 6) is 0.351. The van der Waals surface area contributed by atoms with E-state index < -0.39 is 17.8 Å². The molecule has 20 heavy (non-hydrogen) atoms. The second kappa shape index (κ2) is 4.59. The van der Waals surface area contributed by atoms with E-state index in [0.717, 1.165) is 6.07 Å². The highest BCUT2D eigenvalue weighted by molar-refractivity contribution is 5.80. The summed E-state index contributed by atoms with van der Waals surface area (Å²) in [5, 5.41) is 0.137. The van der Waals surface area contributed by atoms with Crippen LogP contribution in [0.4, 0.5) is 13.2 Å². The first-order valence-electron chi connectivity index (χ1n) is 5.97. The van der Waals surface area contributed by atoms with Gasteiger partial charge in [0.25, 0.3) is 5.56 Å². The van der Waals surface area contributed by atoms with Crippen LogP contribution in [0.1, 0.15) is 29.9 Å². The number of rotatable bonds is 1. The van der Waals surface area contributed by atoms with Crippen molar-refractivity contribution in [3.63, 3.8) is 0 Å². The third-order valence-electron chi connectivity index (χ3n) is 3.27. The Labute approximate surface area is 113 Å². The number of nitrogens with zero attached hydrogens (tertiary/aromatic N) is 2. The number of alkyl halides is 3. The zero-order chi connectivity index (χ0) is 15.2. The van der Waals surface area contributed by atoms with Gasteiger partial charge in [-0.2, -0.15) is 13.2 Å². The molecule has 0 aliphatic heterocycles. The average Bonchev–Trinajstić information content (AvgIpc) is 2.33. The summed E-state index contributed by atoms with van der Waals surface area (Å²) in [6.45, 7) is 3.01. The Kier molecular flexibility index (Phi) is 3.33. The molecule has 0 aliphatic carbocycles. The lowest BCUT2D eigenvalue weighted by Gasteiger charge is -2.17. The first kappa shape index (κ1) is 14.5. The van der Waals surface area contributed by atoms with E-state index in [1.165, 1.54) is 24.6 Å². The second-order valence-corrected chi connectivity index (χ2v) is 4.77. The lowest BCUT2D eigenvalue weighted by Crippen LogP contribution is -2.22. The molecule has 0 saturated heterocycles. The summed E-state index contributed by atoms with van der Waals surface area (Å²) in [4.78, 5) is 16.1. The van der Waals surface area contributed by atoms with Crippen LogP contribution in [-0.2, 0) is 13.2 Å². The third-order valence-corrected chi connectivity index (χ3v) is 3.27. The van der Waals surface area contributed by atoms with Crippen molar-refractivity contribution in [1.82, 2.24) is 9.55 Å². The van der Waals surface area contributed by atoms with Crippen LogP contribution < -0.4 is 11.3 Å².